The van der Waals surface area contributed by atoms with E-state index < -0.39 is 6.04 Å². The molecular formula is C19H28ClN5O4. The van der Waals surface area contributed by atoms with Crippen molar-refractivity contribution in [3.8, 4) is 0 Å². The van der Waals surface area contributed by atoms with Crippen molar-refractivity contribution < 1.29 is 19.2 Å². The first-order valence-corrected chi connectivity index (χ1v) is 9.23. The van der Waals surface area contributed by atoms with E-state index in [-0.39, 0.29) is 61.6 Å². The van der Waals surface area contributed by atoms with E-state index in [2.05, 4.69) is 16.0 Å². The van der Waals surface area contributed by atoms with Crippen LogP contribution in [-0.4, -0.2) is 60.7 Å². The lowest BCUT2D eigenvalue weighted by Crippen LogP contribution is -2.49. The molecule has 0 spiro atoms. The fourth-order valence-corrected chi connectivity index (χ4v) is 2.61. The van der Waals surface area contributed by atoms with Gasteiger partial charge in [-0.1, -0.05) is 26.0 Å². The molecule has 1 aliphatic rings. The van der Waals surface area contributed by atoms with Gasteiger partial charge in [-0.05, 0) is 23.6 Å². The Morgan fingerprint density at radius 2 is 1.83 bits per heavy atom. The average molecular weight is 426 g/mol. The lowest BCUT2D eigenvalue weighted by Gasteiger charge is -2.26. The van der Waals surface area contributed by atoms with E-state index in [1.807, 2.05) is 13.8 Å². The third-order valence-electron chi connectivity index (χ3n) is 4.46. The molecule has 1 saturated heterocycles. The molecule has 5 N–H and O–H groups in total. The normalized spacial score (nSPS) is 14.5. The Bertz CT molecular complexity index is 739. The maximum atomic E-state index is 12.4. The molecule has 1 aromatic rings. The standard InChI is InChI=1S/C19H27N5O4.ClH/c1-12(2)17(20)18(27)23-10-15(25)22-9-13-3-5-14(6-4-13)19(28)24-8-7-21-16(26)11-24;/h3-6,12,17H,7-11,20H2,1-2H3,(H,21,26)(H,22,25)(H,23,27);1H/t17-;/m0./s1. The van der Waals surface area contributed by atoms with Crippen molar-refractivity contribution in [3.63, 3.8) is 0 Å². The van der Waals surface area contributed by atoms with E-state index in [0.717, 1.165) is 5.56 Å². The second kappa shape index (κ2) is 11.4. The molecular weight excluding hydrogens is 398 g/mol. The molecule has 0 aromatic heterocycles. The van der Waals surface area contributed by atoms with E-state index in [9.17, 15) is 19.2 Å². The van der Waals surface area contributed by atoms with E-state index in [0.29, 0.717) is 18.7 Å². The maximum Gasteiger partial charge on any atom is 0.254 e. The molecule has 0 aliphatic carbocycles. The number of nitrogens with zero attached hydrogens (tertiary/aromatic N) is 1. The molecule has 0 radical (unpaired) electrons. The highest BCUT2D eigenvalue weighted by Crippen LogP contribution is 2.09. The van der Waals surface area contributed by atoms with Gasteiger partial charge in [-0.3, -0.25) is 19.2 Å². The van der Waals surface area contributed by atoms with Crippen LogP contribution in [0.3, 0.4) is 0 Å². The van der Waals surface area contributed by atoms with Crippen molar-refractivity contribution in [1.82, 2.24) is 20.9 Å². The Morgan fingerprint density at radius 1 is 1.17 bits per heavy atom. The summed E-state index contributed by atoms with van der Waals surface area (Å²) >= 11 is 0. The van der Waals surface area contributed by atoms with Crippen LogP contribution in [-0.2, 0) is 20.9 Å². The van der Waals surface area contributed by atoms with Gasteiger partial charge >= 0.3 is 0 Å². The van der Waals surface area contributed by atoms with Gasteiger partial charge in [0.1, 0.15) is 0 Å². The molecule has 1 heterocycles. The number of amides is 4. The molecule has 1 aromatic carbocycles. The zero-order valence-corrected chi connectivity index (χ0v) is 17.4. The van der Waals surface area contributed by atoms with Gasteiger partial charge in [0.05, 0.1) is 19.1 Å². The van der Waals surface area contributed by atoms with Crippen molar-refractivity contribution in [2.45, 2.75) is 26.4 Å². The lowest BCUT2D eigenvalue weighted by molar-refractivity contribution is -0.127. The molecule has 9 nitrogen and oxygen atoms in total. The van der Waals surface area contributed by atoms with Gasteiger partial charge < -0.3 is 26.6 Å². The van der Waals surface area contributed by atoms with Crippen molar-refractivity contribution in [2.75, 3.05) is 26.2 Å². The highest BCUT2D eigenvalue weighted by Gasteiger charge is 2.22. The summed E-state index contributed by atoms with van der Waals surface area (Å²) in [6.07, 6.45) is 0. The minimum absolute atomic E-state index is 0. The number of halogens is 1. The molecule has 1 aliphatic heterocycles. The first kappa shape index (κ1) is 24.4. The molecule has 2 rings (SSSR count). The second-order valence-corrected chi connectivity index (χ2v) is 7.04. The summed E-state index contributed by atoms with van der Waals surface area (Å²) in [6, 6.07) is 6.17. The van der Waals surface area contributed by atoms with Crippen LogP contribution < -0.4 is 21.7 Å². The number of nitrogens with two attached hydrogens (primary N) is 1. The molecule has 0 unspecified atom stereocenters. The number of nitrogens with one attached hydrogen (secondary N) is 3. The second-order valence-electron chi connectivity index (χ2n) is 7.04. The van der Waals surface area contributed by atoms with Crippen LogP contribution >= 0.6 is 12.4 Å². The third-order valence-corrected chi connectivity index (χ3v) is 4.46. The lowest BCUT2D eigenvalue weighted by atomic mass is 10.1. The molecule has 4 amide bonds. The van der Waals surface area contributed by atoms with Gasteiger partial charge in [-0.2, -0.15) is 0 Å². The SMILES string of the molecule is CC(C)[C@H](N)C(=O)NCC(=O)NCc1ccc(C(=O)N2CCNC(=O)C2)cc1.Cl. The number of hydrogen-bond acceptors (Lipinski definition) is 5. The number of benzene rings is 1. The number of carbonyl (C=O) groups is 4. The van der Waals surface area contributed by atoms with Gasteiger partial charge in [0.15, 0.2) is 0 Å². The smallest absolute Gasteiger partial charge is 0.254 e. The van der Waals surface area contributed by atoms with Gasteiger partial charge in [0, 0.05) is 25.2 Å². The predicted molar refractivity (Wildman–Crippen MR) is 110 cm³/mol. The first-order chi connectivity index (χ1) is 13.3. The quantitative estimate of drug-likeness (QED) is 0.462. The van der Waals surface area contributed by atoms with E-state index >= 15 is 0 Å². The Hall–Kier alpha value is -2.65. The summed E-state index contributed by atoms with van der Waals surface area (Å²) in [4.78, 5) is 48.9. The summed E-state index contributed by atoms with van der Waals surface area (Å²) in [5, 5.41) is 7.88. The van der Waals surface area contributed by atoms with Crippen LogP contribution in [0.25, 0.3) is 0 Å². The van der Waals surface area contributed by atoms with Gasteiger partial charge in [0.25, 0.3) is 5.91 Å². The Labute approximate surface area is 176 Å². The van der Waals surface area contributed by atoms with Crippen molar-refractivity contribution in [1.29, 1.82) is 0 Å². The topological polar surface area (TPSA) is 134 Å². The highest BCUT2D eigenvalue weighted by molar-refractivity contribution is 5.97. The predicted octanol–water partition coefficient (Wildman–Crippen LogP) is -0.604. The van der Waals surface area contributed by atoms with Crippen LogP contribution in [0.1, 0.15) is 29.8 Å². The monoisotopic (exact) mass is 425 g/mol. The maximum absolute atomic E-state index is 12.4. The minimum Gasteiger partial charge on any atom is -0.353 e. The first-order valence-electron chi connectivity index (χ1n) is 9.23. The Kier molecular flexibility index (Phi) is 9.57. The molecule has 160 valence electrons. The zero-order valence-electron chi connectivity index (χ0n) is 16.6. The van der Waals surface area contributed by atoms with Crippen LogP contribution in [0.2, 0.25) is 0 Å². The summed E-state index contributed by atoms with van der Waals surface area (Å²) in [5.41, 5.74) is 7.01. The Balaban J connectivity index is 0.00000420. The van der Waals surface area contributed by atoms with Crippen LogP contribution in [0.15, 0.2) is 24.3 Å². The largest absolute Gasteiger partial charge is 0.353 e. The molecule has 1 atom stereocenters. The van der Waals surface area contributed by atoms with E-state index in [4.69, 9.17) is 5.73 Å². The van der Waals surface area contributed by atoms with Gasteiger partial charge in [-0.25, -0.2) is 0 Å². The third kappa shape index (κ3) is 7.35. The zero-order chi connectivity index (χ0) is 20.7. The number of carbonyl (C=O) groups excluding carboxylic acids is 4. The average Bonchev–Trinajstić information content (AvgIpc) is 2.69. The summed E-state index contributed by atoms with van der Waals surface area (Å²) in [5.74, 6) is -1.07. The summed E-state index contributed by atoms with van der Waals surface area (Å²) in [7, 11) is 0. The van der Waals surface area contributed by atoms with Crippen molar-refractivity contribution in [2.24, 2.45) is 11.7 Å². The molecule has 29 heavy (non-hydrogen) atoms. The molecule has 1 fully saturated rings. The van der Waals surface area contributed by atoms with Gasteiger partial charge in [0.2, 0.25) is 17.7 Å². The van der Waals surface area contributed by atoms with E-state index in [1.54, 1.807) is 24.3 Å². The van der Waals surface area contributed by atoms with Gasteiger partial charge in [-0.15, -0.1) is 12.4 Å². The molecule has 10 heteroatoms. The van der Waals surface area contributed by atoms with Crippen molar-refractivity contribution in [3.05, 3.63) is 35.4 Å². The number of piperazine rings is 1. The van der Waals surface area contributed by atoms with E-state index in [1.165, 1.54) is 4.90 Å². The molecule has 0 bridgehead atoms. The fourth-order valence-electron chi connectivity index (χ4n) is 2.61. The number of hydrogen-bond donors (Lipinski definition) is 4. The molecule has 0 saturated carbocycles. The van der Waals surface area contributed by atoms with Crippen molar-refractivity contribution >= 4 is 36.0 Å². The number of rotatable bonds is 7. The van der Waals surface area contributed by atoms with Crippen LogP contribution in [0.4, 0.5) is 0 Å². The summed E-state index contributed by atoms with van der Waals surface area (Å²) < 4.78 is 0. The Morgan fingerprint density at radius 3 is 2.41 bits per heavy atom. The minimum atomic E-state index is -0.649. The highest BCUT2D eigenvalue weighted by atomic mass is 35.5. The van der Waals surface area contributed by atoms with Crippen LogP contribution in [0, 0.1) is 5.92 Å². The fraction of sp³-hybridized carbons (Fsp3) is 0.474. The van der Waals surface area contributed by atoms with Crippen LogP contribution in [0.5, 0.6) is 0 Å². The summed E-state index contributed by atoms with van der Waals surface area (Å²) in [6.45, 7) is 4.78.